The molecule has 0 unspecified atom stereocenters. The van der Waals surface area contributed by atoms with Crippen LogP contribution >= 0.6 is 0 Å². The van der Waals surface area contributed by atoms with Crippen molar-refractivity contribution in [1.82, 2.24) is 0 Å². The summed E-state index contributed by atoms with van der Waals surface area (Å²) in [5, 5.41) is 0. The molecule has 1 heterocycles. The van der Waals surface area contributed by atoms with Crippen LogP contribution in [0.3, 0.4) is 0 Å². The van der Waals surface area contributed by atoms with Gasteiger partial charge in [0.1, 0.15) is 0 Å². The summed E-state index contributed by atoms with van der Waals surface area (Å²) in [6.07, 6.45) is 6.14. The van der Waals surface area contributed by atoms with Crippen LogP contribution < -0.4 is 5.73 Å². The number of hydrogen-bond acceptors (Lipinski definition) is 2. The minimum atomic E-state index is -0.104. The van der Waals surface area contributed by atoms with Crippen molar-refractivity contribution in [1.29, 1.82) is 0 Å². The molecule has 1 fully saturated rings. The maximum Gasteiger partial charge on any atom is 0.0713 e. The summed E-state index contributed by atoms with van der Waals surface area (Å²) in [5.74, 6) is 2.90. The van der Waals surface area contributed by atoms with Crippen molar-refractivity contribution in [2.75, 3.05) is 13.2 Å². The minimum absolute atomic E-state index is 0.104. The zero-order valence-electron chi connectivity index (χ0n) is 5.34. The zero-order valence-corrected chi connectivity index (χ0v) is 5.34. The van der Waals surface area contributed by atoms with Crippen molar-refractivity contribution in [3.8, 4) is 12.3 Å². The van der Waals surface area contributed by atoms with Crippen molar-refractivity contribution >= 4 is 0 Å². The Labute approximate surface area is 55.4 Å². The molecule has 0 saturated carbocycles. The second-order valence-corrected chi connectivity index (χ2v) is 2.32. The number of hydrogen-bond donors (Lipinski definition) is 1. The third-order valence-electron chi connectivity index (χ3n) is 1.67. The summed E-state index contributed by atoms with van der Waals surface area (Å²) < 4.78 is 5.10. The molecule has 0 aromatic carbocycles. The quantitative estimate of drug-likeness (QED) is 0.500. The van der Waals surface area contributed by atoms with E-state index in [1.165, 1.54) is 0 Å². The minimum Gasteiger partial charge on any atom is -0.381 e. The van der Waals surface area contributed by atoms with E-state index >= 15 is 0 Å². The maximum absolute atomic E-state index is 5.56. The number of ether oxygens (including phenoxy) is 1. The van der Waals surface area contributed by atoms with Crippen LogP contribution in [0.2, 0.25) is 0 Å². The van der Waals surface area contributed by atoms with Gasteiger partial charge in [-0.1, -0.05) is 5.92 Å². The van der Waals surface area contributed by atoms with Gasteiger partial charge in [0.25, 0.3) is 0 Å². The SMILES string of the molecule is C#C[C@@H](N)[C@H]1CCOC1. The van der Waals surface area contributed by atoms with Gasteiger partial charge in [0, 0.05) is 12.5 Å². The zero-order chi connectivity index (χ0) is 6.69. The first-order chi connectivity index (χ1) is 4.34. The third kappa shape index (κ3) is 1.44. The van der Waals surface area contributed by atoms with Crippen LogP contribution in [0.5, 0.6) is 0 Å². The molecule has 1 aliphatic rings. The molecule has 0 radical (unpaired) electrons. The van der Waals surface area contributed by atoms with E-state index in [4.69, 9.17) is 16.9 Å². The lowest BCUT2D eigenvalue weighted by atomic mass is 10.0. The molecule has 0 aromatic heterocycles. The molecule has 0 aromatic rings. The normalized spacial score (nSPS) is 29.6. The smallest absolute Gasteiger partial charge is 0.0713 e. The van der Waals surface area contributed by atoms with Crippen LogP contribution in [0.1, 0.15) is 6.42 Å². The highest BCUT2D eigenvalue weighted by molar-refractivity contribution is 5.00. The van der Waals surface area contributed by atoms with Gasteiger partial charge in [0.05, 0.1) is 12.6 Å². The fourth-order valence-electron chi connectivity index (χ4n) is 0.972. The highest BCUT2D eigenvalue weighted by Gasteiger charge is 2.20. The number of nitrogens with two attached hydrogens (primary N) is 1. The molecule has 50 valence electrons. The first kappa shape index (κ1) is 6.60. The van der Waals surface area contributed by atoms with Crippen LogP contribution in [0.25, 0.3) is 0 Å². The van der Waals surface area contributed by atoms with Crippen LogP contribution in [-0.2, 0) is 4.74 Å². The molecule has 2 atom stereocenters. The lowest BCUT2D eigenvalue weighted by molar-refractivity contribution is 0.184. The van der Waals surface area contributed by atoms with Gasteiger partial charge in [0.2, 0.25) is 0 Å². The van der Waals surface area contributed by atoms with E-state index in [1.807, 2.05) is 0 Å². The van der Waals surface area contributed by atoms with E-state index in [-0.39, 0.29) is 6.04 Å². The van der Waals surface area contributed by atoms with E-state index in [0.29, 0.717) is 5.92 Å². The highest BCUT2D eigenvalue weighted by atomic mass is 16.5. The third-order valence-corrected chi connectivity index (χ3v) is 1.67. The van der Waals surface area contributed by atoms with Gasteiger partial charge < -0.3 is 10.5 Å². The molecular formula is C7H11NO. The first-order valence-corrected chi connectivity index (χ1v) is 3.14. The molecule has 2 heteroatoms. The van der Waals surface area contributed by atoms with Gasteiger partial charge in [-0.3, -0.25) is 0 Å². The van der Waals surface area contributed by atoms with E-state index in [1.54, 1.807) is 0 Å². The van der Waals surface area contributed by atoms with Gasteiger partial charge in [-0.15, -0.1) is 6.42 Å². The van der Waals surface area contributed by atoms with Gasteiger partial charge in [0.15, 0.2) is 0 Å². The topological polar surface area (TPSA) is 35.2 Å². The second-order valence-electron chi connectivity index (χ2n) is 2.32. The van der Waals surface area contributed by atoms with E-state index in [0.717, 1.165) is 19.6 Å². The Hall–Kier alpha value is -0.520. The highest BCUT2D eigenvalue weighted by Crippen LogP contribution is 2.14. The molecule has 0 bridgehead atoms. The van der Waals surface area contributed by atoms with Gasteiger partial charge in [-0.2, -0.15) is 0 Å². The monoisotopic (exact) mass is 125 g/mol. The lowest BCUT2D eigenvalue weighted by Crippen LogP contribution is -2.28. The Morgan fingerprint density at radius 2 is 2.56 bits per heavy atom. The number of rotatable bonds is 1. The predicted octanol–water partition coefficient (Wildman–Crippen LogP) is -0.0166. The van der Waals surface area contributed by atoms with E-state index < -0.39 is 0 Å². The summed E-state index contributed by atoms with van der Waals surface area (Å²) in [7, 11) is 0. The average molecular weight is 125 g/mol. The maximum atomic E-state index is 5.56. The van der Waals surface area contributed by atoms with Crippen LogP contribution in [0.4, 0.5) is 0 Å². The van der Waals surface area contributed by atoms with E-state index in [2.05, 4.69) is 5.92 Å². The fraction of sp³-hybridized carbons (Fsp3) is 0.714. The first-order valence-electron chi connectivity index (χ1n) is 3.14. The van der Waals surface area contributed by atoms with Gasteiger partial charge >= 0.3 is 0 Å². The van der Waals surface area contributed by atoms with Crippen LogP contribution in [-0.4, -0.2) is 19.3 Å². The molecule has 2 N–H and O–H groups in total. The fourth-order valence-corrected chi connectivity index (χ4v) is 0.972. The number of terminal acetylenes is 1. The molecule has 1 rings (SSSR count). The second kappa shape index (κ2) is 2.86. The Morgan fingerprint density at radius 3 is 3.00 bits per heavy atom. The molecular weight excluding hydrogens is 114 g/mol. The van der Waals surface area contributed by atoms with E-state index in [9.17, 15) is 0 Å². The molecule has 1 saturated heterocycles. The largest absolute Gasteiger partial charge is 0.381 e. The molecule has 0 spiro atoms. The van der Waals surface area contributed by atoms with Gasteiger partial charge in [-0.25, -0.2) is 0 Å². The Bertz CT molecular complexity index is 121. The molecule has 9 heavy (non-hydrogen) atoms. The summed E-state index contributed by atoms with van der Waals surface area (Å²) in [6, 6.07) is -0.104. The van der Waals surface area contributed by atoms with Crippen molar-refractivity contribution in [3.63, 3.8) is 0 Å². The Kier molecular flexibility index (Phi) is 2.10. The van der Waals surface area contributed by atoms with Crippen molar-refractivity contribution < 1.29 is 4.74 Å². The van der Waals surface area contributed by atoms with Crippen LogP contribution in [0.15, 0.2) is 0 Å². The molecule has 0 amide bonds. The average Bonchev–Trinajstić information content (AvgIpc) is 2.37. The van der Waals surface area contributed by atoms with Crippen LogP contribution in [0, 0.1) is 18.3 Å². The lowest BCUT2D eigenvalue weighted by Gasteiger charge is -2.09. The van der Waals surface area contributed by atoms with Crippen molar-refractivity contribution in [3.05, 3.63) is 0 Å². The summed E-state index contributed by atoms with van der Waals surface area (Å²) in [5.41, 5.74) is 5.56. The predicted molar refractivity (Wildman–Crippen MR) is 35.7 cm³/mol. The van der Waals surface area contributed by atoms with Crippen molar-refractivity contribution in [2.45, 2.75) is 12.5 Å². The molecule has 2 nitrogen and oxygen atoms in total. The Balaban J connectivity index is 2.34. The summed E-state index contributed by atoms with van der Waals surface area (Å²) >= 11 is 0. The summed E-state index contributed by atoms with van der Waals surface area (Å²) in [4.78, 5) is 0. The summed E-state index contributed by atoms with van der Waals surface area (Å²) in [6.45, 7) is 1.56. The molecule has 1 aliphatic heterocycles. The Morgan fingerprint density at radius 1 is 1.78 bits per heavy atom. The van der Waals surface area contributed by atoms with Gasteiger partial charge in [-0.05, 0) is 6.42 Å². The van der Waals surface area contributed by atoms with Crippen molar-refractivity contribution in [2.24, 2.45) is 11.7 Å². The molecule has 0 aliphatic carbocycles. The standard InChI is InChI=1S/C7H11NO/c1-2-7(8)6-3-4-9-5-6/h1,6-7H,3-5,8H2/t6-,7+/m0/s1.